The molecule has 5 N–H and O–H groups in total. The third-order valence-electron chi connectivity index (χ3n) is 6.89. The van der Waals surface area contributed by atoms with Crippen molar-refractivity contribution in [2.75, 3.05) is 30.8 Å². The molecule has 2 aromatic carbocycles. The van der Waals surface area contributed by atoms with Crippen molar-refractivity contribution in [1.82, 2.24) is 40.8 Å². The van der Waals surface area contributed by atoms with Gasteiger partial charge in [-0.05, 0) is 71.7 Å². The summed E-state index contributed by atoms with van der Waals surface area (Å²) < 4.78 is 6.22. The molecule has 0 aliphatic carbocycles. The summed E-state index contributed by atoms with van der Waals surface area (Å²) in [5, 5.41) is 23.8. The number of halogens is 1. The van der Waals surface area contributed by atoms with Crippen molar-refractivity contribution >= 4 is 40.9 Å². The highest BCUT2D eigenvalue weighted by atomic mass is 35.5. The molecule has 1 aliphatic rings. The van der Waals surface area contributed by atoms with E-state index >= 15 is 0 Å². The van der Waals surface area contributed by atoms with Crippen molar-refractivity contribution < 1.29 is 19.1 Å². The molecule has 0 saturated carbocycles. The second-order valence-electron chi connectivity index (χ2n) is 9.89. The Hall–Kier alpha value is -4.98. The van der Waals surface area contributed by atoms with Crippen LogP contribution in [-0.4, -0.2) is 68.3 Å². The molecule has 2 bridgehead atoms. The van der Waals surface area contributed by atoms with Gasteiger partial charge < -0.3 is 25.7 Å². The van der Waals surface area contributed by atoms with E-state index in [1.54, 1.807) is 30.5 Å². The summed E-state index contributed by atoms with van der Waals surface area (Å²) in [6.45, 7) is 1.15. The zero-order chi connectivity index (χ0) is 30.2. The fourth-order valence-corrected chi connectivity index (χ4v) is 4.96. The number of aryl methyl sites for hydroxylation is 1. The van der Waals surface area contributed by atoms with Crippen LogP contribution in [0.2, 0.25) is 5.02 Å². The summed E-state index contributed by atoms with van der Waals surface area (Å²) in [5.74, 6) is -0.0153. The highest BCUT2D eigenvalue weighted by Gasteiger charge is 2.23. The van der Waals surface area contributed by atoms with Crippen LogP contribution in [0.1, 0.15) is 43.1 Å². The first kappa shape index (κ1) is 29.5. The van der Waals surface area contributed by atoms with Crippen LogP contribution in [0, 0.1) is 0 Å². The monoisotopic (exact) mass is 606 g/mol. The highest BCUT2D eigenvalue weighted by molar-refractivity contribution is 6.30. The van der Waals surface area contributed by atoms with Crippen LogP contribution in [0.4, 0.5) is 16.2 Å². The number of tetrazole rings is 1. The molecule has 0 saturated heterocycles. The van der Waals surface area contributed by atoms with Gasteiger partial charge in [0.05, 0.1) is 37.2 Å². The lowest BCUT2D eigenvalue weighted by Gasteiger charge is -2.18. The lowest BCUT2D eigenvalue weighted by Crippen LogP contribution is -2.35. The fraction of sp³-hybridized carbons (Fsp3) is 0.321. The van der Waals surface area contributed by atoms with Gasteiger partial charge >= 0.3 is 6.09 Å². The molecule has 1 atom stereocenters. The Morgan fingerprint density at radius 3 is 2.77 bits per heavy atom. The first-order valence-corrected chi connectivity index (χ1v) is 14.1. The topological polar surface area (TPSA) is 181 Å². The predicted molar refractivity (Wildman–Crippen MR) is 159 cm³/mol. The number of carbonyl (C=O) groups is 3. The minimum atomic E-state index is -0.695. The van der Waals surface area contributed by atoms with Gasteiger partial charge in [-0.25, -0.2) is 14.5 Å². The molecule has 0 fully saturated rings. The molecule has 224 valence electrons. The lowest BCUT2D eigenvalue weighted by atomic mass is 10.1. The second-order valence-corrected chi connectivity index (χ2v) is 10.3. The number of aromatic nitrogens is 6. The van der Waals surface area contributed by atoms with Gasteiger partial charge in [-0.15, -0.1) is 5.10 Å². The number of carbonyl (C=O) groups excluding carboxylic acids is 3. The number of anilines is 2. The number of H-pyrrole nitrogens is 1. The Bertz CT molecular complexity index is 1590. The first-order valence-electron chi connectivity index (χ1n) is 13.8. The van der Waals surface area contributed by atoms with E-state index in [1.165, 1.54) is 18.1 Å². The van der Waals surface area contributed by atoms with Gasteiger partial charge in [0.25, 0.3) is 0 Å². The minimum Gasteiger partial charge on any atom is -0.453 e. The Morgan fingerprint density at radius 1 is 1.14 bits per heavy atom. The molecule has 43 heavy (non-hydrogen) atoms. The van der Waals surface area contributed by atoms with E-state index in [0.29, 0.717) is 47.4 Å². The Labute approximate surface area is 251 Å². The van der Waals surface area contributed by atoms with Crippen molar-refractivity contribution in [1.29, 1.82) is 0 Å². The van der Waals surface area contributed by atoms with Gasteiger partial charge in [-0.3, -0.25) is 14.9 Å². The number of imidazole rings is 1. The fourth-order valence-electron chi connectivity index (χ4n) is 4.76. The van der Waals surface area contributed by atoms with Gasteiger partial charge in [0.15, 0.2) is 0 Å². The third kappa shape index (κ3) is 7.65. The molecule has 4 aromatic rings. The highest BCUT2D eigenvalue weighted by Crippen LogP contribution is 2.31. The van der Waals surface area contributed by atoms with Gasteiger partial charge in [0.1, 0.15) is 12.2 Å². The molecule has 15 heteroatoms. The summed E-state index contributed by atoms with van der Waals surface area (Å²) in [7, 11) is 1.30. The average Bonchev–Trinajstić information content (AvgIpc) is 3.70. The molecule has 0 unspecified atom stereocenters. The number of fused-ring (bicyclic) bond motifs is 4. The third-order valence-corrected chi connectivity index (χ3v) is 7.13. The van der Waals surface area contributed by atoms with Crippen LogP contribution in [-0.2, 0) is 20.7 Å². The van der Waals surface area contributed by atoms with E-state index in [-0.39, 0.29) is 24.7 Å². The molecule has 3 amide bonds. The average molecular weight is 607 g/mol. The van der Waals surface area contributed by atoms with Crippen LogP contribution in [0.5, 0.6) is 0 Å². The van der Waals surface area contributed by atoms with Crippen LogP contribution in [0.3, 0.4) is 0 Å². The molecule has 14 nitrogen and oxygen atoms in total. The van der Waals surface area contributed by atoms with E-state index in [2.05, 4.69) is 46.8 Å². The SMILES string of the molecule is COC(=O)Nc1ccc2c(c1)NCCCCNC(=O)C[C@H](NC(=O)CCc1cc(Cl)ccc1-n1cnnn1)c1ncc-2[nH]1. The molecule has 0 radical (unpaired) electrons. The maximum Gasteiger partial charge on any atom is 0.411 e. The van der Waals surface area contributed by atoms with Gasteiger partial charge in [-0.2, -0.15) is 0 Å². The summed E-state index contributed by atoms with van der Waals surface area (Å²) >= 11 is 6.23. The largest absolute Gasteiger partial charge is 0.453 e. The van der Waals surface area contributed by atoms with Crippen molar-refractivity contribution in [3.8, 4) is 16.9 Å². The van der Waals surface area contributed by atoms with E-state index in [4.69, 9.17) is 16.3 Å². The van der Waals surface area contributed by atoms with Crippen LogP contribution >= 0.6 is 11.6 Å². The zero-order valence-corrected chi connectivity index (χ0v) is 24.1. The number of ether oxygens (including phenoxy) is 1. The smallest absolute Gasteiger partial charge is 0.411 e. The molecule has 3 heterocycles. The van der Waals surface area contributed by atoms with Crippen molar-refractivity contribution in [2.24, 2.45) is 0 Å². The normalized spacial score (nSPS) is 15.3. The van der Waals surface area contributed by atoms with Crippen LogP contribution in [0.15, 0.2) is 48.9 Å². The maximum atomic E-state index is 13.2. The number of rotatable bonds is 6. The summed E-state index contributed by atoms with van der Waals surface area (Å²) in [6, 6.07) is 10.0. The van der Waals surface area contributed by atoms with Crippen molar-refractivity contribution in [3.63, 3.8) is 0 Å². The van der Waals surface area contributed by atoms with E-state index in [9.17, 15) is 14.4 Å². The molecule has 5 rings (SSSR count). The van der Waals surface area contributed by atoms with E-state index in [1.807, 2.05) is 12.1 Å². The van der Waals surface area contributed by atoms with Crippen molar-refractivity contribution in [3.05, 3.63) is 65.3 Å². The molecular formula is C28H31ClN10O4. The number of hydrogen-bond donors (Lipinski definition) is 5. The maximum absolute atomic E-state index is 13.2. The van der Waals surface area contributed by atoms with Gasteiger partial charge in [0.2, 0.25) is 11.8 Å². The second kappa shape index (κ2) is 13.8. The number of nitrogens with one attached hydrogen (secondary N) is 5. The summed E-state index contributed by atoms with van der Waals surface area (Å²) in [6.07, 6.45) is 4.63. The van der Waals surface area contributed by atoms with E-state index in [0.717, 1.165) is 29.7 Å². The Morgan fingerprint density at radius 2 is 1.98 bits per heavy atom. The quantitative estimate of drug-likeness (QED) is 0.220. The van der Waals surface area contributed by atoms with Gasteiger partial charge in [0, 0.05) is 41.5 Å². The van der Waals surface area contributed by atoms with Gasteiger partial charge in [-0.1, -0.05) is 11.6 Å². The number of methoxy groups -OCH3 is 1. The number of amides is 3. The number of nitrogens with zero attached hydrogens (tertiary/aromatic N) is 5. The molecule has 0 spiro atoms. The number of hydrogen-bond acceptors (Lipinski definition) is 9. The predicted octanol–water partition coefficient (Wildman–Crippen LogP) is 3.39. The Balaban J connectivity index is 1.36. The standard InChI is InChI=1S/C28H31ClN10O4/c1-43-28(42)34-19-6-7-20-21(13-19)30-10-2-3-11-31-26(41)14-22(27-32-15-23(20)36-27)35-25(40)9-4-17-12-18(29)5-8-24(17)39-16-33-37-38-39/h5-8,12-13,15-16,22,30H,2-4,9-11,14H2,1H3,(H,31,41)(H,32,36)(H,34,42)(H,35,40)/t22-/m0/s1. The number of aromatic amines is 1. The number of benzene rings is 2. The summed E-state index contributed by atoms with van der Waals surface area (Å²) in [4.78, 5) is 45.5. The molecular weight excluding hydrogens is 576 g/mol. The van der Waals surface area contributed by atoms with Crippen LogP contribution < -0.4 is 21.3 Å². The van der Waals surface area contributed by atoms with Crippen LogP contribution in [0.25, 0.3) is 16.9 Å². The van der Waals surface area contributed by atoms with Crippen molar-refractivity contribution in [2.45, 2.75) is 38.1 Å². The van der Waals surface area contributed by atoms with E-state index < -0.39 is 12.1 Å². The molecule has 2 aromatic heterocycles. The molecule has 1 aliphatic heterocycles. The zero-order valence-electron chi connectivity index (χ0n) is 23.4. The minimum absolute atomic E-state index is 0.0127. The lowest BCUT2D eigenvalue weighted by molar-refractivity contribution is -0.123. The first-order chi connectivity index (χ1) is 20.9. The Kier molecular flexibility index (Phi) is 9.46. The summed E-state index contributed by atoms with van der Waals surface area (Å²) in [5.41, 5.74) is 4.36.